The van der Waals surface area contributed by atoms with E-state index >= 15 is 0 Å². The molecule has 0 aliphatic carbocycles. The molecule has 1 aliphatic rings. The maximum Gasteiger partial charge on any atom is 0.199 e. The highest BCUT2D eigenvalue weighted by Crippen LogP contribution is 2.26. The molecule has 0 saturated carbocycles. The van der Waals surface area contributed by atoms with E-state index in [1.165, 1.54) is 6.42 Å². The molecule has 3 heterocycles. The Morgan fingerprint density at radius 1 is 1.38 bits per heavy atom. The van der Waals surface area contributed by atoms with E-state index in [1.807, 2.05) is 19.1 Å². The van der Waals surface area contributed by atoms with Gasteiger partial charge >= 0.3 is 0 Å². The Balaban J connectivity index is 2.06. The monoisotopic (exact) mass is 217 g/mol. The van der Waals surface area contributed by atoms with Crippen molar-refractivity contribution in [3.05, 3.63) is 23.7 Å². The molecule has 1 aliphatic heterocycles. The summed E-state index contributed by atoms with van der Waals surface area (Å²) >= 11 is 0. The first-order chi connectivity index (χ1) is 7.74. The van der Waals surface area contributed by atoms with E-state index in [2.05, 4.69) is 21.7 Å². The fraction of sp³-hybridized carbons (Fsp3) is 0.500. The zero-order valence-corrected chi connectivity index (χ0v) is 9.60. The molecule has 0 aromatic carbocycles. The Hall–Kier alpha value is -1.58. The van der Waals surface area contributed by atoms with E-state index in [4.69, 9.17) is 4.42 Å². The Bertz CT molecular complexity index is 512. The van der Waals surface area contributed by atoms with Crippen LogP contribution in [0.1, 0.15) is 24.9 Å². The third-order valence-corrected chi connectivity index (χ3v) is 3.14. The number of aromatic nitrogens is 3. The van der Waals surface area contributed by atoms with Crippen molar-refractivity contribution < 1.29 is 4.42 Å². The van der Waals surface area contributed by atoms with E-state index in [0.29, 0.717) is 5.92 Å². The van der Waals surface area contributed by atoms with Gasteiger partial charge in [0.05, 0.1) is 0 Å². The van der Waals surface area contributed by atoms with Crippen LogP contribution >= 0.6 is 0 Å². The molecule has 16 heavy (non-hydrogen) atoms. The molecule has 1 atom stereocenters. The number of fused-ring (bicyclic) bond motifs is 1. The molecule has 0 amide bonds. The van der Waals surface area contributed by atoms with Crippen LogP contribution in [0, 0.1) is 12.8 Å². The van der Waals surface area contributed by atoms with Crippen LogP contribution in [0.25, 0.3) is 11.6 Å². The fourth-order valence-corrected chi connectivity index (χ4v) is 2.23. The van der Waals surface area contributed by atoms with Crippen LogP contribution in [0.2, 0.25) is 0 Å². The number of hydrogen-bond donors (Lipinski definition) is 0. The highest BCUT2D eigenvalue weighted by Gasteiger charge is 2.22. The smallest absolute Gasteiger partial charge is 0.199 e. The van der Waals surface area contributed by atoms with Crippen molar-refractivity contribution in [2.45, 2.75) is 33.2 Å². The SMILES string of the molecule is Cc1ccc(-c2nnc3n2CC(C)CC3)o1. The quantitative estimate of drug-likeness (QED) is 0.736. The van der Waals surface area contributed by atoms with E-state index in [1.54, 1.807) is 0 Å². The van der Waals surface area contributed by atoms with Crippen molar-refractivity contribution in [2.75, 3.05) is 0 Å². The average Bonchev–Trinajstić information content (AvgIpc) is 2.83. The second-order valence-corrected chi connectivity index (χ2v) is 4.60. The molecule has 3 rings (SSSR count). The zero-order valence-electron chi connectivity index (χ0n) is 9.60. The second-order valence-electron chi connectivity index (χ2n) is 4.60. The highest BCUT2D eigenvalue weighted by molar-refractivity contribution is 5.47. The lowest BCUT2D eigenvalue weighted by Crippen LogP contribution is -2.18. The standard InChI is InChI=1S/C12H15N3O/c1-8-3-6-11-13-14-12(15(11)7-8)10-5-4-9(2)16-10/h4-5,8H,3,6-7H2,1-2H3. The molecular formula is C12H15N3O. The van der Waals surface area contributed by atoms with Crippen molar-refractivity contribution in [1.82, 2.24) is 14.8 Å². The van der Waals surface area contributed by atoms with E-state index in [9.17, 15) is 0 Å². The first-order valence-corrected chi connectivity index (χ1v) is 5.73. The molecule has 0 saturated heterocycles. The van der Waals surface area contributed by atoms with Gasteiger partial charge in [-0.2, -0.15) is 0 Å². The maximum absolute atomic E-state index is 5.61. The van der Waals surface area contributed by atoms with Gasteiger partial charge in [-0.3, -0.25) is 0 Å². The molecule has 4 nitrogen and oxygen atoms in total. The molecule has 0 spiro atoms. The lowest BCUT2D eigenvalue weighted by atomic mass is 10.0. The lowest BCUT2D eigenvalue weighted by molar-refractivity contribution is 0.393. The summed E-state index contributed by atoms with van der Waals surface area (Å²) < 4.78 is 7.79. The van der Waals surface area contributed by atoms with E-state index in [0.717, 1.165) is 36.1 Å². The molecule has 1 unspecified atom stereocenters. The third-order valence-electron chi connectivity index (χ3n) is 3.14. The molecule has 0 fully saturated rings. The van der Waals surface area contributed by atoms with Crippen molar-refractivity contribution in [1.29, 1.82) is 0 Å². The fourth-order valence-electron chi connectivity index (χ4n) is 2.23. The van der Waals surface area contributed by atoms with Crippen molar-refractivity contribution in [3.8, 4) is 11.6 Å². The third kappa shape index (κ3) is 1.45. The van der Waals surface area contributed by atoms with Crippen LogP contribution in [0.15, 0.2) is 16.5 Å². The molecule has 0 N–H and O–H groups in total. The average molecular weight is 217 g/mol. The Morgan fingerprint density at radius 2 is 2.25 bits per heavy atom. The summed E-state index contributed by atoms with van der Waals surface area (Å²) in [5, 5.41) is 8.46. The van der Waals surface area contributed by atoms with Crippen LogP contribution < -0.4 is 0 Å². The van der Waals surface area contributed by atoms with Crippen molar-refractivity contribution in [3.63, 3.8) is 0 Å². The van der Waals surface area contributed by atoms with Gasteiger partial charge in [0.25, 0.3) is 0 Å². The van der Waals surface area contributed by atoms with Gasteiger partial charge in [0.2, 0.25) is 0 Å². The molecule has 0 radical (unpaired) electrons. The van der Waals surface area contributed by atoms with Crippen LogP contribution in [-0.2, 0) is 13.0 Å². The first kappa shape index (κ1) is 9.63. The van der Waals surface area contributed by atoms with Gasteiger partial charge in [-0.25, -0.2) is 0 Å². The van der Waals surface area contributed by atoms with Crippen molar-refractivity contribution in [2.24, 2.45) is 5.92 Å². The zero-order chi connectivity index (χ0) is 11.1. The molecule has 2 aromatic rings. The van der Waals surface area contributed by atoms with Crippen LogP contribution in [0.5, 0.6) is 0 Å². The number of hydrogen-bond acceptors (Lipinski definition) is 3. The summed E-state index contributed by atoms with van der Waals surface area (Å²) in [4.78, 5) is 0. The van der Waals surface area contributed by atoms with Gasteiger partial charge < -0.3 is 8.98 Å². The first-order valence-electron chi connectivity index (χ1n) is 5.73. The number of rotatable bonds is 1. The topological polar surface area (TPSA) is 43.9 Å². The normalized spacial score (nSPS) is 19.8. The summed E-state index contributed by atoms with van der Waals surface area (Å²) in [7, 11) is 0. The lowest BCUT2D eigenvalue weighted by Gasteiger charge is -2.20. The Morgan fingerprint density at radius 3 is 3.00 bits per heavy atom. The maximum atomic E-state index is 5.61. The molecule has 4 heteroatoms. The Kier molecular flexibility index (Phi) is 2.09. The molecular weight excluding hydrogens is 202 g/mol. The van der Waals surface area contributed by atoms with Crippen LogP contribution in [-0.4, -0.2) is 14.8 Å². The van der Waals surface area contributed by atoms with Crippen molar-refractivity contribution >= 4 is 0 Å². The second kappa shape index (κ2) is 3.47. The number of furan rings is 1. The van der Waals surface area contributed by atoms with Crippen LogP contribution in [0.4, 0.5) is 0 Å². The minimum Gasteiger partial charge on any atom is -0.458 e. The van der Waals surface area contributed by atoms with Gasteiger partial charge in [0, 0.05) is 13.0 Å². The van der Waals surface area contributed by atoms with E-state index < -0.39 is 0 Å². The van der Waals surface area contributed by atoms with E-state index in [-0.39, 0.29) is 0 Å². The van der Waals surface area contributed by atoms with Gasteiger partial charge in [0.15, 0.2) is 11.6 Å². The summed E-state index contributed by atoms with van der Waals surface area (Å²) in [6.07, 6.45) is 2.23. The number of nitrogens with zero attached hydrogens (tertiary/aromatic N) is 3. The highest BCUT2D eigenvalue weighted by atomic mass is 16.3. The van der Waals surface area contributed by atoms with Gasteiger partial charge in [-0.05, 0) is 31.4 Å². The molecule has 0 bridgehead atoms. The summed E-state index contributed by atoms with van der Waals surface area (Å²) in [6, 6.07) is 3.93. The van der Waals surface area contributed by atoms with Crippen LogP contribution in [0.3, 0.4) is 0 Å². The van der Waals surface area contributed by atoms with Gasteiger partial charge in [-0.15, -0.1) is 10.2 Å². The van der Waals surface area contributed by atoms with Gasteiger partial charge in [0.1, 0.15) is 11.6 Å². The largest absolute Gasteiger partial charge is 0.458 e. The summed E-state index contributed by atoms with van der Waals surface area (Å²) in [5.74, 6) is 4.39. The number of aryl methyl sites for hydroxylation is 2. The summed E-state index contributed by atoms with van der Waals surface area (Å²) in [6.45, 7) is 5.21. The predicted octanol–water partition coefficient (Wildman–Crippen LogP) is 2.43. The minimum atomic E-state index is 0.693. The predicted molar refractivity (Wildman–Crippen MR) is 59.9 cm³/mol. The Labute approximate surface area is 94.3 Å². The minimum absolute atomic E-state index is 0.693. The summed E-state index contributed by atoms with van der Waals surface area (Å²) in [5.41, 5.74) is 0. The van der Waals surface area contributed by atoms with Gasteiger partial charge in [-0.1, -0.05) is 6.92 Å². The molecule has 84 valence electrons. The molecule has 2 aromatic heterocycles.